The molecule has 0 fully saturated rings. The zero-order chi connectivity index (χ0) is 24.8. The summed E-state index contributed by atoms with van der Waals surface area (Å²) in [5, 5.41) is 21.5. The van der Waals surface area contributed by atoms with E-state index in [4.69, 9.17) is 5.26 Å². The number of hydrogen-bond donors (Lipinski definition) is 2. The number of amides is 1. The maximum atomic E-state index is 13.9. The molecule has 33 heavy (non-hydrogen) atoms. The molecule has 178 valence electrons. The lowest BCUT2D eigenvalue weighted by molar-refractivity contribution is -0.161. The average Bonchev–Trinajstić information content (AvgIpc) is 2.73. The Morgan fingerprint density at radius 1 is 1.15 bits per heavy atom. The largest absolute Gasteiger partial charge is 0.407 e. The van der Waals surface area contributed by atoms with Crippen molar-refractivity contribution in [3.63, 3.8) is 0 Å². The Morgan fingerprint density at radius 3 is 2.30 bits per heavy atom. The van der Waals surface area contributed by atoms with Gasteiger partial charge in [-0.25, -0.2) is 4.98 Å². The van der Waals surface area contributed by atoms with Crippen molar-refractivity contribution in [3.05, 3.63) is 41.9 Å². The van der Waals surface area contributed by atoms with Crippen LogP contribution in [0.3, 0.4) is 0 Å². The fourth-order valence-corrected chi connectivity index (χ4v) is 3.16. The summed E-state index contributed by atoms with van der Waals surface area (Å²) in [6, 6.07) is 4.40. The van der Waals surface area contributed by atoms with Crippen molar-refractivity contribution >= 4 is 5.91 Å². The van der Waals surface area contributed by atoms with E-state index in [-0.39, 0.29) is 29.9 Å². The molecule has 2 rings (SSSR count). The Hall–Kier alpha value is -3.06. The maximum absolute atomic E-state index is 13.9. The first kappa shape index (κ1) is 26.2. The molecule has 2 N–H and O–H groups in total. The molecule has 7 nitrogen and oxygen atoms in total. The zero-order valence-electron chi connectivity index (χ0n) is 19.4. The Morgan fingerprint density at radius 2 is 1.79 bits per heavy atom. The van der Waals surface area contributed by atoms with Gasteiger partial charge in [0.05, 0.1) is 24.0 Å². The van der Waals surface area contributed by atoms with E-state index in [1.165, 1.54) is 18.3 Å². The molecule has 1 amide bonds. The summed E-state index contributed by atoms with van der Waals surface area (Å²) in [6.45, 7) is 9.17. The van der Waals surface area contributed by atoms with Crippen molar-refractivity contribution in [2.75, 3.05) is 6.54 Å². The molecule has 0 spiro atoms. The van der Waals surface area contributed by atoms with Crippen molar-refractivity contribution in [2.24, 2.45) is 5.92 Å². The van der Waals surface area contributed by atoms with Gasteiger partial charge >= 0.3 is 6.18 Å². The van der Waals surface area contributed by atoms with Crippen LogP contribution in [0.15, 0.2) is 30.5 Å². The molecule has 1 aromatic heterocycles. The number of rotatable bonds is 8. The van der Waals surface area contributed by atoms with Crippen LogP contribution < -0.4 is 10.6 Å². The number of carbonyl (C=O) groups is 1. The number of nitrogens with one attached hydrogen (secondary N) is 2. The molecule has 1 unspecified atom stereocenters. The second-order valence-corrected chi connectivity index (χ2v) is 9.24. The molecule has 0 aliphatic carbocycles. The predicted octanol–water partition coefficient (Wildman–Crippen LogP) is 4.08. The van der Waals surface area contributed by atoms with Gasteiger partial charge in [-0.2, -0.15) is 23.5 Å². The molecule has 0 radical (unpaired) electrons. The van der Waals surface area contributed by atoms with Crippen LogP contribution in [0.1, 0.15) is 58.5 Å². The van der Waals surface area contributed by atoms with E-state index in [0.717, 1.165) is 0 Å². The summed E-state index contributed by atoms with van der Waals surface area (Å²) in [6.07, 6.45) is -2.99. The van der Waals surface area contributed by atoms with Crippen molar-refractivity contribution in [1.82, 2.24) is 25.8 Å². The standard InChI is InChI=1S/C23H29F3N6O/c1-14(2)12-17(20(33)28-11-10-27)30-19(23(24,25)26)16-8-6-15(7-9-16)18-13-29-32-21(31-18)22(3,4)5/h6-9,13-14,17,19,30H,11-12H2,1-5H3,(H,28,33)/t17-,19?/m0/s1. The smallest absolute Gasteiger partial charge is 0.342 e. The Balaban J connectivity index is 2.33. The quantitative estimate of drug-likeness (QED) is 0.573. The molecule has 2 aromatic rings. The molecule has 0 saturated carbocycles. The van der Waals surface area contributed by atoms with E-state index >= 15 is 0 Å². The zero-order valence-corrected chi connectivity index (χ0v) is 19.4. The summed E-state index contributed by atoms with van der Waals surface area (Å²) in [7, 11) is 0. The normalized spacial score (nSPS) is 13.9. The number of aromatic nitrogens is 3. The van der Waals surface area contributed by atoms with Crippen molar-refractivity contribution < 1.29 is 18.0 Å². The SMILES string of the molecule is CC(C)C[C@H](NC(c1ccc(-c2cnnc(C(C)(C)C)n2)cc1)C(F)(F)F)C(=O)NCC#N. The highest BCUT2D eigenvalue weighted by atomic mass is 19.4. The van der Waals surface area contributed by atoms with Crippen molar-refractivity contribution in [3.8, 4) is 17.3 Å². The number of benzene rings is 1. The molecular formula is C23H29F3N6O. The van der Waals surface area contributed by atoms with Gasteiger partial charge in [-0.3, -0.25) is 10.1 Å². The average molecular weight is 463 g/mol. The van der Waals surface area contributed by atoms with Gasteiger partial charge in [0.25, 0.3) is 0 Å². The van der Waals surface area contributed by atoms with Gasteiger partial charge in [-0.15, -0.1) is 5.10 Å². The molecule has 10 heteroatoms. The minimum absolute atomic E-state index is 0.0335. The highest BCUT2D eigenvalue weighted by molar-refractivity contribution is 5.82. The third-order valence-corrected chi connectivity index (χ3v) is 4.83. The summed E-state index contributed by atoms with van der Waals surface area (Å²) in [4.78, 5) is 16.8. The fourth-order valence-electron chi connectivity index (χ4n) is 3.16. The van der Waals surface area contributed by atoms with Gasteiger partial charge in [0.1, 0.15) is 12.6 Å². The number of alkyl halides is 3. The molecule has 0 aliphatic heterocycles. The van der Waals surface area contributed by atoms with E-state index in [1.54, 1.807) is 18.2 Å². The first-order valence-corrected chi connectivity index (χ1v) is 10.6. The summed E-state index contributed by atoms with van der Waals surface area (Å²) >= 11 is 0. The maximum Gasteiger partial charge on any atom is 0.407 e. The highest BCUT2D eigenvalue weighted by Crippen LogP contribution is 2.34. The summed E-state index contributed by atoms with van der Waals surface area (Å²) < 4.78 is 41.8. The summed E-state index contributed by atoms with van der Waals surface area (Å²) in [5.74, 6) is -0.148. The van der Waals surface area contributed by atoms with E-state index < -0.39 is 24.2 Å². The van der Waals surface area contributed by atoms with Crippen LogP contribution in [0, 0.1) is 17.2 Å². The van der Waals surface area contributed by atoms with E-state index in [2.05, 4.69) is 25.8 Å². The van der Waals surface area contributed by atoms with Crippen LogP contribution in [-0.4, -0.2) is 39.9 Å². The minimum atomic E-state index is -4.64. The van der Waals surface area contributed by atoms with E-state index in [0.29, 0.717) is 17.1 Å². The second kappa shape index (κ2) is 10.7. The lowest BCUT2D eigenvalue weighted by atomic mass is 9.95. The van der Waals surface area contributed by atoms with Crippen LogP contribution in [0.5, 0.6) is 0 Å². The van der Waals surface area contributed by atoms with Crippen LogP contribution in [0.25, 0.3) is 11.3 Å². The second-order valence-electron chi connectivity index (χ2n) is 9.24. The van der Waals surface area contributed by atoms with Gasteiger partial charge in [-0.05, 0) is 17.9 Å². The van der Waals surface area contributed by atoms with Gasteiger partial charge in [0, 0.05) is 11.0 Å². The van der Waals surface area contributed by atoms with E-state index in [9.17, 15) is 18.0 Å². The van der Waals surface area contributed by atoms with Crippen molar-refractivity contribution in [2.45, 2.75) is 64.7 Å². The molecule has 0 aliphatic rings. The lowest BCUT2D eigenvalue weighted by Gasteiger charge is -2.28. The Labute approximate surface area is 191 Å². The van der Waals surface area contributed by atoms with Gasteiger partial charge in [0.2, 0.25) is 5.91 Å². The number of hydrogen-bond acceptors (Lipinski definition) is 6. The monoisotopic (exact) mass is 462 g/mol. The predicted molar refractivity (Wildman–Crippen MR) is 118 cm³/mol. The van der Waals surface area contributed by atoms with E-state index in [1.807, 2.05) is 34.6 Å². The topological polar surface area (TPSA) is 104 Å². The summed E-state index contributed by atoms with van der Waals surface area (Å²) in [5.41, 5.74) is 0.745. The Bertz CT molecular complexity index is 977. The lowest BCUT2D eigenvalue weighted by Crippen LogP contribution is -2.49. The highest BCUT2D eigenvalue weighted by Gasteiger charge is 2.42. The first-order valence-electron chi connectivity index (χ1n) is 10.6. The molecular weight excluding hydrogens is 433 g/mol. The van der Waals surface area contributed by atoms with Crippen LogP contribution >= 0.6 is 0 Å². The fraction of sp³-hybridized carbons (Fsp3) is 0.522. The molecule has 2 atom stereocenters. The first-order chi connectivity index (χ1) is 15.3. The van der Waals surface area contributed by atoms with Crippen molar-refractivity contribution in [1.29, 1.82) is 5.26 Å². The molecule has 0 saturated heterocycles. The third kappa shape index (κ3) is 7.49. The minimum Gasteiger partial charge on any atom is -0.342 e. The van der Waals surface area contributed by atoms with Crippen LogP contribution in [0.2, 0.25) is 0 Å². The van der Waals surface area contributed by atoms with Crippen LogP contribution in [-0.2, 0) is 10.2 Å². The number of halogens is 3. The van der Waals surface area contributed by atoms with Gasteiger partial charge in [-0.1, -0.05) is 58.9 Å². The van der Waals surface area contributed by atoms with Crippen LogP contribution in [0.4, 0.5) is 13.2 Å². The van der Waals surface area contributed by atoms with Gasteiger partial charge in [0.15, 0.2) is 5.82 Å². The molecule has 1 heterocycles. The Kier molecular flexibility index (Phi) is 8.50. The van der Waals surface area contributed by atoms with Gasteiger partial charge < -0.3 is 5.32 Å². The number of nitriles is 1. The molecule has 0 bridgehead atoms. The third-order valence-electron chi connectivity index (χ3n) is 4.83. The number of nitrogens with zero attached hydrogens (tertiary/aromatic N) is 4. The molecule has 1 aromatic carbocycles. The number of carbonyl (C=O) groups excluding carboxylic acids is 1.